The Morgan fingerprint density at radius 1 is 1.01 bits per heavy atom. The molecule has 28 heteroatoms. The van der Waals surface area contributed by atoms with Crippen molar-refractivity contribution in [2.45, 2.75) is 159 Å². The second-order valence-electron chi connectivity index (χ2n) is 24.0. The maximum atomic E-state index is 14.5. The number of aliphatic hydroxyl groups is 1. The van der Waals surface area contributed by atoms with E-state index >= 15 is 0 Å². The Labute approximate surface area is 552 Å². The SMILES string of the molecule is COc1cc2cc(c1Cl)N(C)C(=O)C[C@H](OC(=O)[C@H](C)N(C)C(=O)c1ccc3nc(NC(=O)[C@H](CCCNC(N)=O)NC(=O)[C@@H](NC(=O)CCCCCNC(C=O)(CBr)CBr)C(C)C)ccc3c1)[C@]1(C)O[C@H]1[C@H](C)[C@@H]1C[C@@](O)(NC(=O)O1)[C@H](OC)/C=C/C=C(\C)C2. The van der Waals surface area contributed by atoms with E-state index < -0.39 is 113 Å². The molecule has 6 rings (SSSR count). The highest BCUT2D eigenvalue weighted by atomic mass is 79.9. The van der Waals surface area contributed by atoms with Crippen molar-refractivity contribution in [2.75, 3.05) is 62.3 Å². The molecule has 0 unspecified atom stereocenters. The van der Waals surface area contributed by atoms with Crippen LogP contribution in [0.4, 0.5) is 21.1 Å². The zero-order chi connectivity index (χ0) is 67.1. The normalized spacial score (nSPS) is 23.7. The molecule has 8 amide bonds. The summed E-state index contributed by atoms with van der Waals surface area (Å²) in [7, 11) is 5.82. The number of primary amides is 1. The summed E-state index contributed by atoms with van der Waals surface area (Å²) in [6.45, 7) is 11.0. The van der Waals surface area contributed by atoms with Gasteiger partial charge in [-0.15, -0.1) is 0 Å². The van der Waals surface area contributed by atoms with Gasteiger partial charge < -0.3 is 75.7 Å². The molecule has 2 aromatic carbocycles. The Morgan fingerprint density at radius 3 is 2.40 bits per heavy atom. The van der Waals surface area contributed by atoms with Crippen molar-refractivity contribution in [1.82, 2.24) is 36.5 Å². The number of unbranched alkanes of at least 4 members (excludes halogenated alkanes) is 2. The molecule has 0 aliphatic carbocycles. The highest BCUT2D eigenvalue weighted by molar-refractivity contribution is 9.10. The van der Waals surface area contributed by atoms with Crippen LogP contribution in [0.25, 0.3) is 10.9 Å². The number of allylic oxidation sites excluding steroid dienone is 3. The van der Waals surface area contributed by atoms with Crippen LogP contribution in [-0.2, 0) is 54.1 Å². The van der Waals surface area contributed by atoms with E-state index in [0.29, 0.717) is 65.2 Å². The number of carbonyl (C=O) groups excluding carboxylic acids is 9. The number of hydrogen-bond donors (Lipinski definition) is 8. The van der Waals surface area contributed by atoms with Crippen LogP contribution in [0, 0.1) is 11.8 Å². The van der Waals surface area contributed by atoms with Gasteiger partial charge in [0.05, 0.1) is 36.4 Å². The summed E-state index contributed by atoms with van der Waals surface area (Å²) in [5.41, 5.74) is 3.76. The van der Waals surface area contributed by atoms with Crippen LogP contribution in [-0.4, -0.2) is 180 Å². The topological polar surface area (TPSA) is 341 Å². The van der Waals surface area contributed by atoms with E-state index in [9.17, 15) is 48.3 Å². The fraction of sp³-hybridized carbons (Fsp3) is 0.556. The van der Waals surface area contributed by atoms with E-state index in [4.69, 9.17) is 41.0 Å². The first-order valence-electron chi connectivity index (χ1n) is 30.1. The number of likely N-dealkylation sites (N-methyl/N-ethyl adjacent to an activating group) is 1. The minimum Gasteiger partial charge on any atom is -0.495 e. The third kappa shape index (κ3) is 19.0. The van der Waals surface area contributed by atoms with Crippen molar-refractivity contribution in [3.63, 3.8) is 0 Å². The lowest BCUT2D eigenvalue weighted by atomic mass is 9.83. The number of pyridine rings is 1. The average molecular weight is 1420 g/mol. The van der Waals surface area contributed by atoms with Gasteiger partial charge in [-0.2, -0.15) is 0 Å². The van der Waals surface area contributed by atoms with Crippen LogP contribution in [0.5, 0.6) is 5.75 Å². The highest BCUT2D eigenvalue weighted by Crippen LogP contribution is 2.49. The number of carbonyl (C=O) groups is 9. The van der Waals surface area contributed by atoms with Gasteiger partial charge in [0.25, 0.3) is 5.91 Å². The Bertz CT molecular complexity index is 3230. The number of epoxide rings is 1. The van der Waals surface area contributed by atoms with Crippen LogP contribution >= 0.6 is 43.5 Å². The molecule has 0 radical (unpaired) electrons. The molecular weight excluding hydrogens is 1330 g/mol. The number of fused-ring (bicyclic) bond motifs is 6. The summed E-state index contributed by atoms with van der Waals surface area (Å²) >= 11 is 13.6. The Morgan fingerprint density at radius 2 is 1.74 bits per heavy atom. The number of nitrogens with zero attached hydrogens (tertiary/aromatic N) is 3. The number of urea groups is 1. The average Bonchev–Trinajstić information content (AvgIpc) is 1.58. The number of benzene rings is 2. The number of halogens is 3. The fourth-order valence-electron chi connectivity index (χ4n) is 10.9. The van der Waals surface area contributed by atoms with Crippen molar-refractivity contribution in [3.05, 3.63) is 82.4 Å². The number of aromatic nitrogens is 1. The quantitative estimate of drug-likeness (QED) is 0.0144. The predicted molar refractivity (Wildman–Crippen MR) is 349 cm³/mol. The summed E-state index contributed by atoms with van der Waals surface area (Å²) in [5, 5.41) is 30.0. The first kappa shape index (κ1) is 73.3. The van der Waals surface area contributed by atoms with Gasteiger partial charge in [0.2, 0.25) is 23.6 Å². The number of ether oxygens (including phenoxy) is 5. The van der Waals surface area contributed by atoms with E-state index in [1.807, 2.05) is 13.0 Å². The van der Waals surface area contributed by atoms with Crippen molar-refractivity contribution < 1.29 is 71.9 Å². The second-order valence-corrected chi connectivity index (χ2v) is 25.5. The van der Waals surface area contributed by atoms with Crippen molar-refractivity contribution in [2.24, 2.45) is 17.6 Å². The predicted octanol–water partition coefficient (Wildman–Crippen LogP) is 6.27. The number of esters is 1. The molecule has 9 N–H and O–H groups in total. The van der Waals surface area contributed by atoms with Gasteiger partial charge in [-0.3, -0.25) is 29.3 Å². The summed E-state index contributed by atoms with van der Waals surface area (Å²) < 4.78 is 29.7. The molecule has 2 saturated heterocycles. The monoisotopic (exact) mass is 1410 g/mol. The number of anilines is 2. The van der Waals surface area contributed by atoms with Crippen LogP contribution in [0.15, 0.2) is 66.3 Å². The number of nitrogens with one attached hydrogen (secondary N) is 6. The number of methoxy groups -OCH3 is 2. The lowest BCUT2D eigenvalue weighted by Crippen LogP contribution is -2.63. The van der Waals surface area contributed by atoms with Gasteiger partial charge >= 0.3 is 18.1 Å². The van der Waals surface area contributed by atoms with Crippen molar-refractivity contribution >= 4 is 120 Å². The number of hydrogen-bond acceptors (Lipinski definition) is 17. The molecule has 2 fully saturated rings. The lowest BCUT2D eigenvalue weighted by molar-refractivity contribution is -0.158. The Balaban J connectivity index is 1.16. The molecule has 4 heterocycles. The maximum absolute atomic E-state index is 14.5. The third-order valence-corrected chi connectivity index (χ3v) is 19.1. The van der Waals surface area contributed by atoms with Crippen LogP contribution in [0.3, 0.4) is 0 Å². The third-order valence-electron chi connectivity index (χ3n) is 16.8. The molecule has 10 atom stereocenters. The molecule has 0 saturated carbocycles. The number of amides is 8. The van der Waals surface area contributed by atoms with Gasteiger partial charge in [-0.25, -0.2) is 19.4 Å². The van der Waals surface area contributed by atoms with Crippen molar-refractivity contribution in [1.29, 1.82) is 0 Å². The van der Waals surface area contributed by atoms with Gasteiger partial charge in [0, 0.05) is 68.1 Å². The van der Waals surface area contributed by atoms with Gasteiger partial charge in [-0.05, 0) is 113 Å². The van der Waals surface area contributed by atoms with Gasteiger partial charge in [-0.1, -0.05) is 94.5 Å². The molecule has 3 aliphatic rings. The minimum absolute atomic E-state index is 0.0669. The zero-order valence-electron chi connectivity index (χ0n) is 53.0. The Hall–Kier alpha value is -6.75. The van der Waals surface area contributed by atoms with E-state index in [0.717, 1.165) is 17.4 Å². The van der Waals surface area contributed by atoms with Crippen LogP contribution < -0.4 is 47.3 Å². The highest BCUT2D eigenvalue weighted by Gasteiger charge is 2.64. The number of alkyl carbamates (subject to hydrolysis) is 1. The number of rotatable bonds is 26. The molecule has 91 heavy (non-hydrogen) atoms. The second kappa shape index (κ2) is 32.7. The van der Waals surface area contributed by atoms with E-state index in [1.54, 1.807) is 70.2 Å². The molecule has 4 bridgehead atoms. The largest absolute Gasteiger partial charge is 0.495 e. The summed E-state index contributed by atoms with van der Waals surface area (Å²) in [6, 6.07) is 7.14. The molecule has 0 spiro atoms. The van der Waals surface area contributed by atoms with E-state index in [-0.39, 0.29) is 60.5 Å². The Kier molecular flexibility index (Phi) is 26.3. The van der Waals surface area contributed by atoms with E-state index in [2.05, 4.69) is 68.7 Å². The fourth-order valence-corrected chi connectivity index (χ4v) is 12.8. The smallest absolute Gasteiger partial charge is 0.409 e. The molecule has 1 aromatic heterocycles. The molecule has 3 aromatic rings. The standard InChI is InChI=1S/C63H85Br2ClN10O15/c1-35(2)53(73-50(78)19-12-11-13-25-69-62(32-64,33-65)34-77)56(81)71-43(17-15-24-68-59(67)84)55(80)72-49-23-21-40-29-41(20-22-42(40)70-49)57(82)75(7)38(5)58(83)90-48-30-51(79)76(8)44-27-39(28-45(87-9)52(44)66)26-36(3)16-14-18-47(88-10)63(86)31-46(89-60(85)74-63)37(4)54-61(48,6)91-54/h14,16,18,20-23,27-29,34-35,37-38,43,46-48,53-54,69,86H,11-13,15,17,19,24-26,30-33H2,1-10H3,(H,71,81)(H,73,78)(H,74,85)(H3,67,68,84)(H,70,72,80)/b18-14+,36-16+/t37-,38+,43+,46+,47-,48+,53+,54+,61+,63+/m1/s1. The summed E-state index contributed by atoms with van der Waals surface area (Å²) in [4.78, 5) is 127. The van der Waals surface area contributed by atoms with Crippen LogP contribution in [0.1, 0.15) is 109 Å². The molecule has 498 valence electrons. The van der Waals surface area contributed by atoms with Gasteiger partial charge in [0.1, 0.15) is 64.9 Å². The number of alkyl halides is 2. The minimum atomic E-state index is -1.91. The van der Waals surface area contributed by atoms with E-state index in [1.165, 1.54) is 57.2 Å². The van der Waals surface area contributed by atoms with Gasteiger partial charge in [0.15, 0.2) is 5.72 Å². The molecule has 3 aliphatic heterocycles. The zero-order valence-corrected chi connectivity index (χ0v) is 56.9. The molecular formula is C63H85Br2ClN10O15. The number of nitrogens with two attached hydrogens (primary N) is 1. The number of aldehydes is 1. The summed E-state index contributed by atoms with van der Waals surface area (Å²) in [6.07, 6.45) is 3.37. The van der Waals surface area contributed by atoms with Crippen LogP contribution in [0.2, 0.25) is 5.02 Å². The maximum Gasteiger partial charge on any atom is 0.409 e. The first-order valence-corrected chi connectivity index (χ1v) is 32.7. The molecule has 25 nitrogen and oxygen atoms in total. The lowest BCUT2D eigenvalue weighted by Gasteiger charge is -2.42. The summed E-state index contributed by atoms with van der Waals surface area (Å²) in [5.74, 6) is -4.12. The van der Waals surface area contributed by atoms with Crippen molar-refractivity contribution in [3.8, 4) is 5.75 Å². The first-order chi connectivity index (χ1) is 43.1.